The van der Waals surface area contributed by atoms with Gasteiger partial charge in [-0.2, -0.15) is 0 Å². The van der Waals surface area contributed by atoms with Crippen molar-refractivity contribution >= 4 is 22.1 Å². The number of aromatic nitrogens is 1. The summed E-state index contributed by atoms with van der Waals surface area (Å²) < 4.78 is 5.94. The minimum atomic E-state index is -0.361. The number of hydrogen-bond acceptors (Lipinski definition) is 5. The third-order valence-corrected chi connectivity index (χ3v) is 3.88. The lowest BCUT2D eigenvalue weighted by molar-refractivity contribution is -0.383. The number of fused-ring (bicyclic) bond motifs is 1. The quantitative estimate of drug-likeness (QED) is 0.629. The van der Waals surface area contributed by atoms with Crippen molar-refractivity contribution in [2.45, 2.75) is 32.5 Å². The normalized spacial score (nSPS) is 21.0. The zero-order valence-electron chi connectivity index (χ0n) is 12.9. The number of nitro benzene ring substituents is 1. The molecule has 6 heteroatoms. The Kier molecular flexibility index (Phi) is 3.48. The van der Waals surface area contributed by atoms with Crippen LogP contribution in [0, 0.1) is 10.1 Å². The highest BCUT2D eigenvalue weighted by Gasteiger charge is 2.32. The highest BCUT2D eigenvalue weighted by Crippen LogP contribution is 2.35. The van der Waals surface area contributed by atoms with Crippen molar-refractivity contribution in [3.05, 3.63) is 40.7 Å². The first-order valence-corrected chi connectivity index (χ1v) is 7.31. The molecular weight excluding hydrogens is 282 g/mol. The van der Waals surface area contributed by atoms with Crippen LogP contribution in [0.15, 0.2) is 30.6 Å². The van der Waals surface area contributed by atoms with Gasteiger partial charge in [0, 0.05) is 42.6 Å². The molecule has 1 saturated heterocycles. The van der Waals surface area contributed by atoms with Gasteiger partial charge in [-0.15, -0.1) is 0 Å². The summed E-state index contributed by atoms with van der Waals surface area (Å²) in [4.78, 5) is 17.1. The van der Waals surface area contributed by atoms with Crippen LogP contribution in [-0.4, -0.2) is 34.7 Å². The van der Waals surface area contributed by atoms with Gasteiger partial charge in [0.1, 0.15) is 0 Å². The summed E-state index contributed by atoms with van der Waals surface area (Å²) >= 11 is 0. The second-order valence-electron chi connectivity index (χ2n) is 6.35. The van der Waals surface area contributed by atoms with E-state index in [1.807, 2.05) is 19.1 Å². The third-order valence-electron chi connectivity index (χ3n) is 3.88. The van der Waals surface area contributed by atoms with Gasteiger partial charge in [0.25, 0.3) is 5.69 Å². The van der Waals surface area contributed by atoms with Gasteiger partial charge in [0.15, 0.2) is 0 Å². The first-order chi connectivity index (χ1) is 10.4. The fourth-order valence-corrected chi connectivity index (χ4v) is 3.23. The van der Waals surface area contributed by atoms with E-state index in [0.717, 1.165) is 24.2 Å². The predicted octanol–water partition coefficient (Wildman–Crippen LogP) is 3.15. The van der Waals surface area contributed by atoms with E-state index in [0.29, 0.717) is 5.39 Å². The molecule has 0 bridgehead atoms. The Morgan fingerprint density at radius 1 is 1.36 bits per heavy atom. The molecular formula is C16H19N3O3. The summed E-state index contributed by atoms with van der Waals surface area (Å²) in [5.74, 6) is 0. The Morgan fingerprint density at radius 3 is 2.82 bits per heavy atom. The molecule has 6 nitrogen and oxygen atoms in total. The zero-order valence-corrected chi connectivity index (χ0v) is 12.9. The van der Waals surface area contributed by atoms with E-state index in [4.69, 9.17) is 4.74 Å². The summed E-state index contributed by atoms with van der Waals surface area (Å²) in [6.45, 7) is 7.67. The molecule has 1 aromatic carbocycles. The van der Waals surface area contributed by atoms with Crippen LogP contribution < -0.4 is 4.90 Å². The molecule has 116 valence electrons. The largest absolute Gasteiger partial charge is 0.369 e. The number of nitro groups is 1. The molecule has 0 radical (unpaired) electrons. The maximum absolute atomic E-state index is 11.2. The summed E-state index contributed by atoms with van der Waals surface area (Å²) in [5.41, 5.74) is 0.831. The lowest BCUT2D eigenvalue weighted by atomic mass is 10.0. The van der Waals surface area contributed by atoms with E-state index in [9.17, 15) is 10.1 Å². The number of ether oxygens (including phenoxy) is 1. The molecule has 0 aliphatic carbocycles. The van der Waals surface area contributed by atoms with E-state index in [-0.39, 0.29) is 22.3 Å². The van der Waals surface area contributed by atoms with Crippen molar-refractivity contribution in [3.8, 4) is 0 Å². The number of anilines is 1. The Labute approximate surface area is 128 Å². The van der Waals surface area contributed by atoms with Gasteiger partial charge < -0.3 is 9.64 Å². The van der Waals surface area contributed by atoms with Crippen LogP contribution in [0.2, 0.25) is 0 Å². The molecule has 0 N–H and O–H groups in total. The fraction of sp³-hybridized carbons (Fsp3) is 0.438. The van der Waals surface area contributed by atoms with Gasteiger partial charge in [-0.25, -0.2) is 0 Å². The molecule has 1 atom stereocenters. The van der Waals surface area contributed by atoms with Crippen molar-refractivity contribution in [3.63, 3.8) is 0 Å². The topological polar surface area (TPSA) is 68.5 Å². The summed E-state index contributed by atoms with van der Waals surface area (Å²) in [7, 11) is 0. The standard InChI is InChI=1S/C16H19N3O3/c1-11-9-18(10-16(2,3)22-11)14-4-5-15(19(20)21)13-8-17-7-6-12(13)14/h4-8,11H,9-10H2,1-3H3. The van der Waals surface area contributed by atoms with Crippen molar-refractivity contribution < 1.29 is 9.66 Å². The average Bonchev–Trinajstić information content (AvgIpc) is 2.43. The summed E-state index contributed by atoms with van der Waals surface area (Å²) in [5, 5.41) is 12.6. The van der Waals surface area contributed by atoms with E-state index in [2.05, 4.69) is 23.7 Å². The van der Waals surface area contributed by atoms with E-state index in [1.54, 1.807) is 18.5 Å². The smallest absolute Gasteiger partial charge is 0.278 e. The minimum Gasteiger partial charge on any atom is -0.369 e. The van der Waals surface area contributed by atoms with Crippen LogP contribution in [0.4, 0.5) is 11.4 Å². The lowest BCUT2D eigenvalue weighted by Crippen LogP contribution is -2.52. The number of hydrogen-bond donors (Lipinski definition) is 0. The Bertz CT molecular complexity index is 730. The molecule has 1 unspecified atom stereocenters. The molecule has 0 amide bonds. The van der Waals surface area contributed by atoms with Crippen molar-refractivity contribution in [1.82, 2.24) is 4.98 Å². The molecule has 3 rings (SSSR count). The zero-order chi connectivity index (χ0) is 15.9. The highest BCUT2D eigenvalue weighted by molar-refractivity contribution is 5.99. The molecule has 22 heavy (non-hydrogen) atoms. The van der Waals surface area contributed by atoms with Gasteiger partial charge >= 0.3 is 0 Å². The van der Waals surface area contributed by atoms with Gasteiger partial charge in [0.2, 0.25) is 0 Å². The molecule has 1 aliphatic heterocycles. The lowest BCUT2D eigenvalue weighted by Gasteiger charge is -2.43. The molecule has 0 saturated carbocycles. The first kappa shape index (κ1) is 14.7. The van der Waals surface area contributed by atoms with E-state index < -0.39 is 0 Å². The number of benzene rings is 1. The van der Waals surface area contributed by atoms with Crippen molar-refractivity contribution in [1.29, 1.82) is 0 Å². The Balaban J connectivity index is 2.12. The van der Waals surface area contributed by atoms with Crippen molar-refractivity contribution in [2.24, 2.45) is 0 Å². The number of non-ortho nitro benzene ring substituents is 1. The van der Waals surface area contributed by atoms with Crippen LogP contribution in [0.3, 0.4) is 0 Å². The van der Waals surface area contributed by atoms with Gasteiger partial charge in [-0.05, 0) is 32.9 Å². The Hall–Kier alpha value is -2.21. The maximum atomic E-state index is 11.2. The van der Waals surface area contributed by atoms with Crippen LogP contribution >= 0.6 is 0 Å². The van der Waals surface area contributed by atoms with Crippen molar-refractivity contribution in [2.75, 3.05) is 18.0 Å². The van der Waals surface area contributed by atoms with E-state index in [1.165, 1.54) is 0 Å². The molecule has 1 aliphatic rings. The second-order valence-corrected chi connectivity index (χ2v) is 6.35. The second kappa shape index (κ2) is 5.21. The molecule has 0 spiro atoms. The first-order valence-electron chi connectivity index (χ1n) is 7.31. The van der Waals surface area contributed by atoms with Gasteiger partial charge in [-0.3, -0.25) is 15.1 Å². The number of pyridine rings is 1. The molecule has 2 heterocycles. The summed E-state index contributed by atoms with van der Waals surface area (Å²) in [6.07, 6.45) is 3.34. The highest BCUT2D eigenvalue weighted by atomic mass is 16.6. The molecule has 2 aromatic rings. The number of nitrogens with zero attached hydrogens (tertiary/aromatic N) is 3. The monoisotopic (exact) mass is 301 g/mol. The summed E-state index contributed by atoms with van der Waals surface area (Å²) in [6, 6.07) is 5.23. The fourth-order valence-electron chi connectivity index (χ4n) is 3.23. The molecule has 1 fully saturated rings. The van der Waals surface area contributed by atoms with Crippen LogP contribution in [0.5, 0.6) is 0 Å². The number of morpholine rings is 1. The van der Waals surface area contributed by atoms with Crippen LogP contribution in [0.25, 0.3) is 10.8 Å². The minimum absolute atomic E-state index is 0.0902. The van der Waals surface area contributed by atoms with Crippen LogP contribution in [-0.2, 0) is 4.74 Å². The maximum Gasteiger partial charge on any atom is 0.278 e. The predicted molar refractivity (Wildman–Crippen MR) is 85.2 cm³/mol. The third kappa shape index (κ3) is 2.62. The molecule has 1 aromatic heterocycles. The van der Waals surface area contributed by atoms with Crippen LogP contribution in [0.1, 0.15) is 20.8 Å². The SMILES string of the molecule is CC1CN(c2ccc([N+](=O)[O-])c3cnccc23)CC(C)(C)O1. The van der Waals surface area contributed by atoms with Gasteiger partial charge in [-0.1, -0.05) is 0 Å². The van der Waals surface area contributed by atoms with E-state index >= 15 is 0 Å². The van der Waals surface area contributed by atoms with Gasteiger partial charge in [0.05, 0.1) is 22.0 Å². The average molecular weight is 301 g/mol. The Morgan fingerprint density at radius 2 is 2.14 bits per heavy atom. The number of rotatable bonds is 2.